The van der Waals surface area contributed by atoms with Crippen molar-refractivity contribution < 1.29 is 19.1 Å². The van der Waals surface area contributed by atoms with Crippen LogP contribution in [0.3, 0.4) is 0 Å². The first-order valence-electron chi connectivity index (χ1n) is 15.9. The normalized spacial score (nSPS) is 26.2. The van der Waals surface area contributed by atoms with Gasteiger partial charge in [0.05, 0.1) is 0 Å². The number of likely N-dealkylation sites (tertiary alicyclic amines) is 2. The molecule has 45 heavy (non-hydrogen) atoms. The fraction of sp³-hybridized carbons (Fsp3) is 0.545. The van der Waals surface area contributed by atoms with Crippen molar-refractivity contribution in [2.45, 2.75) is 61.4 Å². The number of urea groups is 1. The van der Waals surface area contributed by atoms with Crippen LogP contribution in [0.2, 0.25) is 0 Å². The van der Waals surface area contributed by atoms with E-state index in [4.69, 9.17) is 4.74 Å². The average Bonchev–Trinajstić information content (AvgIpc) is 3.05. The van der Waals surface area contributed by atoms with Gasteiger partial charge in [0.1, 0.15) is 11.9 Å². The SMILES string of the molecule is CN1CCN(C2CCN(C3(CC=O)CC(N4Cc5ccccc5NC4=O)CCN3C(=O)OC(Br)c3ccccc3Br)CC2)CC1. The lowest BCUT2D eigenvalue weighted by Crippen LogP contribution is -2.70. The summed E-state index contributed by atoms with van der Waals surface area (Å²) in [5.41, 5.74) is 1.79. The molecule has 3 unspecified atom stereocenters. The number of para-hydroxylation sites is 1. The van der Waals surface area contributed by atoms with Gasteiger partial charge in [0.25, 0.3) is 0 Å². The van der Waals surface area contributed by atoms with Crippen LogP contribution in [-0.2, 0) is 16.1 Å². The molecule has 10 nitrogen and oxygen atoms in total. The Morgan fingerprint density at radius 1 is 1.00 bits per heavy atom. The number of likely N-dealkylation sites (N-methyl/N-ethyl adjacent to an activating group) is 1. The number of aldehydes is 1. The van der Waals surface area contributed by atoms with Crippen molar-refractivity contribution in [1.29, 1.82) is 0 Å². The van der Waals surface area contributed by atoms with Crippen molar-refractivity contribution in [3.8, 4) is 0 Å². The van der Waals surface area contributed by atoms with E-state index >= 15 is 0 Å². The molecule has 0 spiro atoms. The van der Waals surface area contributed by atoms with Gasteiger partial charge in [-0.1, -0.05) is 52.3 Å². The first-order valence-corrected chi connectivity index (χ1v) is 17.6. The van der Waals surface area contributed by atoms with Crippen molar-refractivity contribution in [2.75, 3.05) is 58.2 Å². The van der Waals surface area contributed by atoms with Crippen LogP contribution < -0.4 is 5.32 Å². The van der Waals surface area contributed by atoms with Gasteiger partial charge < -0.3 is 24.6 Å². The third-order valence-electron chi connectivity index (χ3n) is 10.1. The number of anilines is 1. The lowest BCUT2D eigenvalue weighted by molar-refractivity contribution is -0.129. The number of halogens is 2. The van der Waals surface area contributed by atoms with E-state index in [1.54, 1.807) is 4.90 Å². The second-order valence-corrected chi connectivity index (χ2v) is 14.3. The summed E-state index contributed by atoms with van der Waals surface area (Å²) in [6, 6.07) is 15.7. The zero-order valence-corrected chi connectivity index (χ0v) is 28.9. The van der Waals surface area contributed by atoms with Crippen LogP contribution in [0, 0.1) is 0 Å². The van der Waals surface area contributed by atoms with Gasteiger partial charge in [0.15, 0.2) is 5.01 Å². The molecule has 12 heteroatoms. The van der Waals surface area contributed by atoms with Crippen molar-refractivity contribution >= 4 is 56.0 Å². The second-order valence-electron chi connectivity index (χ2n) is 12.6. The van der Waals surface area contributed by atoms with Crippen LogP contribution in [-0.4, -0.2) is 114 Å². The maximum Gasteiger partial charge on any atom is 0.412 e. The number of hydrogen-bond acceptors (Lipinski definition) is 7. The van der Waals surface area contributed by atoms with Gasteiger partial charge in [-0.2, -0.15) is 0 Å². The fourth-order valence-electron chi connectivity index (χ4n) is 7.59. The predicted molar refractivity (Wildman–Crippen MR) is 180 cm³/mol. The third kappa shape index (κ3) is 6.81. The van der Waals surface area contributed by atoms with Gasteiger partial charge in [0.2, 0.25) is 0 Å². The summed E-state index contributed by atoms with van der Waals surface area (Å²) in [5.74, 6) is 0. The summed E-state index contributed by atoms with van der Waals surface area (Å²) >= 11 is 7.14. The number of hydrogen-bond donors (Lipinski definition) is 1. The highest BCUT2D eigenvalue weighted by atomic mass is 79.9. The Morgan fingerprint density at radius 2 is 1.69 bits per heavy atom. The molecular weight excluding hydrogens is 704 g/mol. The summed E-state index contributed by atoms with van der Waals surface area (Å²) in [6.45, 7) is 6.66. The number of fused-ring (bicyclic) bond motifs is 1. The topological polar surface area (TPSA) is 88.7 Å². The summed E-state index contributed by atoms with van der Waals surface area (Å²) in [4.78, 5) is 51.0. The summed E-state index contributed by atoms with van der Waals surface area (Å²) in [5, 5.41) is 2.39. The maximum absolute atomic E-state index is 14.1. The molecule has 3 fully saturated rings. The number of benzene rings is 2. The van der Waals surface area contributed by atoms with Gasteiger partial charge >= 0.3 is 12.1 Å². The predicted octanol–water partition coefficient (Wildman–Crippen LogP) is 5.49. The molecule has 242 valence electrons. The van der Waals surface area contributed by atoms with Gasteiger partial charge in [0, 0.05) is 93.0 Å². The van der Waals surface area contributed by atoms with E-state index < -0.39 is 16.8 Å². The van der Waals surface area contributed by atoms with Crippen LogP contribution >= 0.6 is 31.9 Å². The Balaban J connectivity index is 1.26. The first kappa shape index (κ1) is 32.4. The highest BCUT2D eigenvalue weighted by molar-refractivity contribution is 9.11. The number of piperidine rings is 2. The van der Waals surface area contributed by atoms with Crippen molar-refractivity contribution in [2.24, 2.45) is 0 Å². The molecule has 0 saturated carbocycles. The van der Waals surface area contributed by atoms with Crippen LogP contribution in [0.5, 0.6) is 0 Å². The number of carbonyl (C=O) groups excluding carboxylic acids is 3. The van der Waals surface area contributed by atoms with E-state index in [2.05, 4.69) is 58.9 Å². The molecule has 0 aromatic heterocycles. The Labute approximate surface area is 282 Å². The van der Waals surface area contributed by atoms with Crippen molar-refractivity contribution in [3.63, 3.8) is 0 Å². The molecule has 2 aromatic carbocycles. The zero-order valence-electron chi connectivity index (χ0n) is 25.7. The number of piperazine rings is 1. The molecule has 3 amide bonds. The van der Waals surface area contributed by atoms with E-state index in [9.17, 15) is 14.4 Å². The molecule has 4 aliphatic heterocycles. The Hall–Kier alpha value is -2.51. The first-order chi connectivity index (χ1) is 21.8. The minimum absolute atomic E-state index is 0.141. The zero-order chi connectivity index (χ0) is 31.6. The molecule has 6 rings (SSSR count). The van der Waals surface area contributed by atoms with Crippen molar-refractivity contribution in [1.82, 2.24) is 24.5 Å². The minimum Gasteiger partial charge on any atom is -0.429 e. The van der Waals surface area contributed by atoms with Gasteiger partial charge in [-0.25, -0.2) is 9.59 Å². The Kier molecular flexibility index (Phi) is 10.2. The van der Waals surface area contributed by atoms with E-state index in [0.29, 0.717) is 32.0 Å². The van der Waals surface area contributed by atoms with Crippen molar-refractivity contribution in [3.05, 3.63) is 64.1 Å². The summed E-state index contributed by atoms with van der Waals surface area (Å²) < 4.78 is 6.88. The van der Waals surface area contributed by atoms with Gasteiger partial charge in [-0.05, 0) is 59.9 Å². The number of nitrogens with one attached hydrogen (secondary N) is 1. The summed E-state index contributed by atoms with van der Waals surface area (Å²) in [6.07, 6.45) is 3.60. The quantitative estimate of drug-likeness (QED) is 0.297. The van der Waals surface area contributed by atoms with E-state index in [-0.39, 0.29) is 18.5 Å². The molecule has 3 atom stereocenters. The third-order valence-corrected chi connectivity index (χ3v) is 11.5. The fourth-order valence-corrected chi connectivity index (χ4v) is 8.94. The van der Waals surface area contributed by atoms with E-state index in [1.165, 1.54) is 0 Å². The number of alkyl halides is 1. The second kappa shape index (κ2) is 14.1. The van der Waals surface area contributed by atoms with Crippen LogP contribution in [0.1, 0.15) is 48.2 Å². The number of nitrogens with zero attached hydrogens (tertiary/aromatic N) is 5. The lowest BCUT2D eigenvalue weighted by Gasteiger charge is -2.57. The Morgan fingerprint density at radius 3 is 2.42 bits per heavy atom. The van der Waals surface area contributed by atoms with Crippen LogP contribution in [0.25, 0.3) is 0 Å². The van der Waals surface area contributed by atoms with Gasteiger partial charge in [-0.3, -0.25) is 14.7 Å². The minimum atomic E-state index is -0.910. The smallest absolute Gasteiger partial charge is 0.412 e. The number of rotatable bonds is 7. The largest absolute Gasteiger partial charge is 0.429 e. The molecule has 4 aliphatic rings. The average molecular weight is 747 g/mol. The van der Waals surface area contributed by atoms with Crippen LogP contribution in [0.15, 0.2) is 53.0 Å². The highest BCUT2D eigenvalue weighted by Crippen LogP contribution is 2.41. The number of carbonyl (C=O) groups is 3. The monoisotopic (exact) mass is 744 g/mol. The highest BCUT2D eigenvalue weighted by Gasteiger charge is 2.52. The molecule has 0 aliphatic carbocycles. The number of ether oxygens (including phenoxy) is 1. The lowest BCUT2D eigenvalue weighted by atomic mass is 9.84. The van der Waals surface area contributed by atoms with Gasteiger partial charge in [-0.15, -0.1) is 0 Å². The summed E-state index contributed by atoms with van der Waals surface area (Å²) in [7, 11) is 2.17. The molecule has 3 saturated heterocycles. The molecule has 0 bridgehead atoms. The molecule has 0 radical (unpaired) electrons. The van der Waals surface area contributed by atoms with Crippen LogP contribution in [0.4, 0.5) is 15.3 Å². The molecule has 1 N–H and O–H groups in total. The standard InChI is InChI=1S/C33H42Br2N6O4/c1-37-17-19-38(20-18-37)25-10-14-39(15-11-25)33(13-21-42)22-26(40-23-24-6-2-5-9-29(24)36-31(40)43)12-16-41(33)32(44)45-30(35)27-7-3-4-8-28(27)34/h2-9,21,25-26,30H,10-20,22-23H2,1H3,(H,36,43). The molecule has 2 aromatic rings. The molecular formula is C33H42Br2N6O4. The number of amides is 3. The molecule has 4 heterocycles. The maximum atomic E-state index is 14.1. The van der Waals surface area contributed by atoms with E-state index in [0.717, 1.165) is 79.7 Å². The Bertz CT molecular complexity index is 1380. The van der Waals surface area contributed by atoms with E-state index in [1.807, 2.05) is 53.4 Å².